The minimum atomic E-state index is -3.47. The summed E-state index contributed by atoms with van der Waals surface area (Å²) in [5.41, 5.74) is 0. The summed E-state index contributed by atoms with van der Waals surface area (Å²) in [6.07, 6.45) is 1.27. The molecule has 0 aromatic heterocycles. The van der Waals surface area contributed by atoms with Crippen LogP contribution in [0, 0.1) is 0 Å². The minimum Gasteiger partial charge on any atom is -0.479 e. The number of carboxylic acids is 1. The predicted octanol–water partition coefficient (Wildman–Crippen LogP) is -0.278. The lowest BCUT2D eigenvalue weighted by atomic mass is 10.4. The van der Waals surface area contributed by atoms with Gasteiger partial charge in [-0.05, 0) is 6.42 Å². The average Bonchev–Trinajstić information content (AvgIpc) is 2.00. The lowest BCUT2D eigenvalue weighted by molar-refractivity contribution is -0.143. The summed E-state index contributed by atoms with van der Waals surface area (Å²) in [5, 5.41) is 8.13. The van der Waals surface area contributed by atoms with Gasteiger partial charge in [-0.1, -0.05) is 18.2 Å². The Balaban J connectivity index is 3.70. The Kier molecular flexibility index (Phi) is 5.60. The number of carboxylic acid groups (broad SMARTS) is 1. The van der Waals surface area contributed by atoms with Crippen LogP contribution in [0.15, 0.2) is 0 Å². The summed E-state index contributed by atoms with van der Waals surface area (Å²) in [4.78, 5) is 15.9. The molecule has 0 heterocycles. The molecule has 0 atom stereocenters. The molecule has 13 heavy (non-hydrogen) atoms. The molecule has 0 fully saturated rings. The van der Waals surface area contributed by atoms with E-state index in [0.717, 1.165) is 6.42 Å². The molecule has 0 saturated heterocycles. The zero-order valence-corrected chi connectivity index (χ0v) is 8.13. The molecule has 0 rings (SSSR count). The van der Waals surface area contributed by atoms with Gasteiger partial charge in [0.1, 0.15) is 0 Å². The first-order valence-corrected chi connectivity index (χ1v) is 5.46. The Morgan fingerprint density at radius 1 is 1.54 bits per heavy atom. The molecule has 0 saturated carbocycles. The maximum Gasteiger partial charge on any atom is 0.331 e. The van der Waals surface area contributed by atoms with E-state index in [4.69, 9.17) is 5.11 Å². The molecule has 0 aromatic carbocycles. The third-order valence-electron chi connectivity index (χ3n) is 1.15. The number of aliphatic carboxylic acids is 1. The van der Waals surface area contributed by atoms with Crippen molar-refractivity contribution in [1.29, 1.82) is 0 Å². The van der Waals surface area contributed by atoms with Crippen molar-refractivity contribution in [2.45, 2.75) is 19.8 Å². The predicted molar refractivity (Wildman–Crippen MR) is 45.4 cm³/mol. The van der Waals surface area contributed by atoms with Gasteiger partial charge < -0.3 is 5.11 Å². The van der Waals surface area contributed by atoms with E-state index in [9.17, 15) is 13.2 Å². The fourth-order valence-corrected chi connectivity index (χ4v) is 1.55. The van der Waals surface area contributed by atoms with Crippen LogP contribution in [0.25, 0.3) is 0 Å². The summed E-state index contributed by atoms with van der Waals surface area (Å²) >= 11 is 0. The third kappa shape index (κ3) is 7.69. The number of sulfonamides is 1. The van der Waals surface area contributed by atoms with Crippen molar-refractivity contribution in [3.05, 3.63) is 0 Å². The van der Waals surface area contributed by atoms with Crippen LogP contribution >= 0.6 is 0 Å². The van der Waals surface area contributed by atoms with Crippen molar-refractivity contribution in [3.8, 4) is 0 Å². The van der Waals surface area contributed by atoms with Gasteiger partial charge in [-0.3, -0.25) is 4.84 Å². The van der Waals surface area contributed by atoms with Crippen molar-refractivity contribution < 1.29 is 23.2 Å². The van der Waals surface area contributed by atoms with Gasteiger partial charge in [-0.15, -0.1) is 0 Å². The Hall–Kier alpha value is -0.660. The van der Waals surface area contributed by atoms with Crippen LogP contribution in [-0.2, 0) is 19.7 Å². The molecule has 0 unspecified atom stereocenters. The Bertz CT molecular complexity index is 248. The highest BCUT2D eigenvalue weighted by Gasteiger charge is 2.09. The van der Waals surface area contributed by atoms with Crippen molar-refractivity contribution >= 4 is 16.0 Å². The summed E-state index contributed by atoms with van der Waals surface area (Å²) in [6, 6.07) is 0. The van der Waals surface area contributed by atoms with Crippen molar-refractivity contribution in [2.75, 3.05) is 12.4 Å². The van der Waals surface area contributed by atoms with Gasteiger partial charge in [0.25, 0.3) is 0 Å². The number of hydrogen-bond donors (Lipinski definition) is 2. The maximum absolute atomic E-state index is 10.9. The molecule has 7 heteroatoms. The topological polar surface area (TPSA) is 92.7 Å². The molecule has 0 aromatic rings. The molecule has 0 aliphatic heterocycles. The molecule has 0 bridgehead atoms. The first-order chi connectivity index (χ1) is 5.98. The smallest absolute Gasteiger partial charge is 0.331 e. The van der Waals surface area contributed by atoms with Crippen molar-refractivity contribution in [1.82, 2.24) is 4.89 Å². The lowest BCUT2D eigenvalue weighted by Crippen LogP contribution is -2.28. The molecule has 2 N–H and O–H groups in total. The second kappa shape index (κ2) is 5.90. The number of carbonyl (C=O) groups is 1. The van der Waals surface area contributed by atoms with Crippen LogP contribution in [0.4, 0.5) is 0 Å². The SMILES string of the molecule is CCCCS(=O)(=O)NOCC(=O)O. The number of hydrogen-bond acceptors (Lipinski definition) is 4. The van der Waals surface area contributed by atoms with Crippen molar-refractivity contribution in [3.63, 3.8) is 0 Å². The quantitative estimate of drug-likeness (QED) is 0.565. The van der Waals surface area contributed by atoms with Crippen LogP contribution in [0.1, 0.15) is 19.8 Å². The van der Waals surface area contributed by atoms with Crippen molar-refractivity contribution in [2.24, 2.45) is 0 Å². The fourth-order valence-electron chi connectivity index (χ4n) is 0.557. The van der Waals surface area contributed by atoms with E-state index in [2.05, 4.69) is 4.84 Å². The zero-order chi connectivity index (χ0) is 10.3. The molecule has 0 radical (unpaired) electrons. The summed E-state index contributed by atoms with van der Waals surface area (Å²) in [7, 11) is -3.47. The molecule has 6 nitrogen and oxygen atoms in total. The lowest BCUT2D eigenvalue weighted by Gasteiger charge is -2.03. The third-order valence-corrected chi connectivity index (χ3v) is 2.35. The van der Waals surface area contributed by atoms with E-state index >= 15 is 0 Å². The highest BCUT2D eigenvalue weighted by molar-refractivity contribution is 7.89. The van der Waals surface area contributed by atoms with E-state index in [-0.39, 0.29) is 5.75 Å². The van der Waals surface area contributed by atoms with E-state index in [1.165, 1.54) is 0 Å². The van der Waals surface area contributed by atoms with Crippen LogP contribution < -0.4 is 4.89 Å². The monoisotopic (exact) mass is 211 g/mol. The van der Waals surface area contributed by atoms with E-state index < -0.39 is 22.6 Å². The Labute approximate surface area is 76.9 Å². The summed E-state index contributed by atoms with van der Waals surface area (Å²) in [6.45, 7) is 1.18. The maximum atomic E-state index is 10.9. The standard InChI is InChI=1S/C6H13NO5S/c1-2-3-4-13(10,11)7-12-5-6(8)9/h7H,2-5H2,1H3,(H,8,9). The molecule has 78 valence electrons. The first-order valence-electron chi connectivity index (χ1n) is 3.81. The molecule has 0 amide bonds. The number of nitrogens with one attached hydrogen (secondary N) is 1. The molecule has 0 aliphatic rings. The summed E-state index contributed by atoms with van der Waals surface area (Å²) < 4.78 is 21.9. The average molecular weight is 211 g/mol. The van der Waals surface area contributed by atoms with Crippen LogP contribution in [-0.4, -0.2) is 31.9 Å². The highest BCUT2D eigenvalue weighted by Crippen LogP contribution is 1.92. The second-order valence-corrected chi connectivity index (χ2v) is 4.24. The molecular weight excluding hydrogens is 198 g/mol. The largest absolute Gasteiger partial charge is 0.479 e. The Morgan fingerprint density at radius 2 is 2.15 bits per heavy atom. The van der Waals surface area contributed by atoms with E-state index in [1.807, 2.05) is 6.92 Å². The normalized spacial score (nSPS) is 11.5. The number of unbranched alkanes of at least 4 members (excludes halogenated alkanes) is 1. The van der Waals surface area contributed by atoms with Gasteiger partial charge in [-0.2, -0.15) is 0 Å². The Morgan fingerprint density at radius 3 is 2.62 bits per heavy atom. The van der Waals surface area contributed by atoms with Gasteiger partial charge in [0, 0.05) is 0 Å². The van der Waals surface area contributed by atoms with E-state index in [0.29, 0.717) is 6.42 Å². The fraction of sp³-hybridized carbons (Fsp3) is 0.833. The highest BCUT2D eigenvalue weighted by atomic mass is 32.2. The van der Waals surface area contributed by atoms with Gasteiger partial charge in [0.05, 0.1) is 5.75 Å². The van der Waals surface area contributed by atoms with Crippen LogP contribution in [0.5, 0.6) is 0 Å². The van der Waals surface area contributed by atoms with Gasteiger partial charge in [0.15, 0.2) is 6.61 Å². The summed E-state index contributed by atoms with van der Waals surface area (Å²) in [5.74, 6) is -1.28. The molecule has 0 spiro atoms. The number of rotatable bonds is 7. The van der Waals surface area contributed by atoms with Gasteiger partial charge >= 0.3 is 5.97 Å². The molecule has 0 aliphatic carbocycles. The van der Waals surface area contributed by atoms with Gasteiger partial charge in [0.2, 0.25) is 10.0 Å². The van der Waals surface area contributed by atoms with Crippen LogP contribution in [0.3, 0.4) is 0 Å². The van der Waals surface area contributed by atoms with Gasteiger partial charge in [-0.25, -0.2) is 13.2 Å². The minimum absolute atomic E-state index is 0.0525. The molecular formula is C6H13NO5S. The van der Waals surface area contributed by atoms with E-state index in [1.54, 1.807) is 4.89 Å². The second-order valence-electron chi connectivity index (χ2n) is 2.44. The van der Waals surface area contributed by atoms with Crippen LogP contribution in [0.2, 0.25) is 0 Å². The first kappa shape index (κ1) is 12.3. The zero-order valence-electron chi connectivity index (χ0n) is 7.32.